The molecule has 0 radical (unpaired) electrons. The summed E-state index contributed by atoms with van der Waals surface area (Å²) in [5, 5.41) is 6.70. The minimum atomic E-state index is 0.484. The van der Waals surface area contributed by atoms with E-state index >= 15 is 0 Å². The summed E-state index contributed by atoms with van der Waals surface area (Å²) in [6, 6.07) is 0.484. The minimum absolute atomic E-state index is 0.484. The first-order chi connectivity index (χ1) is 6.86. The van der Waals surface area contributed by atoms with E-state index in [-0.39, 0.29) is 0 Å². The maximum absolute atomic E-state index is 4.29. The standard InChI is InChI=1S/C10H20N4/c1-3-12-10(13-4-2)14-9-6-5-7-11-8-9/h3,9,11H,4-8H2,1-2H3,(H,13,14)/t9-/m0/s1. The Labute approximate surface area is 85.9 Å². The summed E-state index contributed by atoms with van der Waals surface area (Å²) in [5.74, 6) is 0.767. The molecular weight excluding hydrogens is 176 g/mol. The molecule has 0 spiro atoms. The van der Waals surface area contributed by atoms with E-state index in [2.05, 4.69) is 20.6 Å². The molecule has 0 bridgehead atoms. The van der Waals surface area contributed by atoms with E-state index in [4.69, 9.17) is 0 Å². The zero-order valence-corrected chi connectivity index (χ0v) is 9.08. The molecule has 0 aliphatic carbocycles. The molecule has 0 aromatic heterocycles. The molecule has 1 heterocycles. The van der Waals surface area contributed by atoms with Gasteiger partial charge in [0.15, 0.2) is 0 Å². The lowest BCUT2D eigenvalue weighted by Crippen LogP contribution is -2.45. The van der Waals surface area contributed by atoms with E-state index in [1.807, 2.05) is 13.8 Å². The van der Waals surface area contributed by atoms with Crippen molar-refractivity contribution in [3.63, 3.8) is 0 Å². The highest BCUT2D eigenvalue weighted by molar-refractivity contribution is 5.87. The SMILES string of the molecule is CC=NC(=NCC)N[C@H]1CCCNC1. The fourth-order valence-electron chi connectivity index (χ4n) is 1.55. The van der Waals surface area contributed by atoms with Crippen LogP contribution in [0.15, 0.2) is 9.98 Å². The molecule has 0 aromatic rings. The van der Waals surface area contributed by atoms with Crippen LogP contribution in [0, 0.1) is 0 Å². The van der Waals surface area contributed by atoms with Gasteiger partial charge in [-0.05, 0) is 33.2 Å². The van der Waals surface area contributed by atoms with Gasteiger partial charge in [-0.15, -0.1) is 0 Å². The fraction of sp³-hybridized carbons (Fsp3) is 0.800. The first-order valence-corrected chi connectivity index (χ1v) is 5.37. The number of guanidine groups is 1. The summed E-state index contributed by atoms with van der Waals surface area (Å²) in [7, 11) is 0. The molecule has 1 saturated heterocycles. The van der Waals surface area contributed by atoms with E-state index in [0.29, 0.717) is 6.04 Å². The highest BCUT2D eigenvalue weighted by atomic mass is 15.2. The molecule has 0 aromatic carbocycles. The molecule has 1 rings (SSSR count). The van der Waals surface area contributed by atoms with Gasteiger partial charge in [-0.3, -0.25) is 4.99 Å². The van der Waals surface area contributed by atoms with Crippen LogP contribution in [0.3, 0.4) is 0 Å². The van der Waals surface area contributed by atoms with Crippen LogP contribution in [0.4, 0.5) is 0 Å². The maximum atomic E-state index is 4.29. The summed E-state index contributed by atoms with van der Waals surface area (Å²) < 4.78 is 0. The van der Waals surface area contributed by atoms with Crippen molar-refractivity contribution in [2.75, 3.05) is 19.6 Å². The second-order valence-corrected chi connectivity index (χ2v) is 3.37. The Bertz CT molecular complexity index is 204. The van der Waals surface area contributed by atoms with Gasteiger partial charge in [-0.1, -0.05) is 0 Å². The van der Waals surface area contributed by atoms with Gasteiger partial charge in [0.25, 0.3) is 0 Å². The predicted molar refractivity (Wildman–Crippen MR) is 61.2 cm³/mol. The molecule has 0 amide bonds. The average molecular weight is 196 g/mol. The first-order valence-electron chi connectivity index (χ1n) is 5.37. The van der Waals surface area contributed by atoms with Crippen LogP contribution in [0.25, 0.3) is 0 Å². The summed E-state index contributed by atoms with van der Waals surface area (Å²) in [5.41, 5.74) is 0. The van der Waals surface area contributed by atoms with E-state index in [0.717, 1.165) is 25.6 Å². The van der Waals surface area contributed by atoms with Crippen LogP contribution in [0.5, 0.6) is 0 Å². The van der Waals surface area contributed by atoms with Crippen LogP contribution in [-0.4, -0.2) is 37.9 Å². The van der Waals surface area contributed by atoms with Crippen molar-refractivity contribution >= 4 is 12.2 Å². The second kappa shape index (κ2) is 6.54. The smallest absolute Gasteiger partial charge is 0.217 e. The van der Waals surface area contributed by atoms with Crippen LogP contribution >= 0.6 is 0 Å². The van der Waals surface area contributed by atoms with Gasteiger partial charge in [0.1, 0.15) is 0 Å². The van der Waals surface area contributed by atoms with Crippen LogP contribution in [-0.2, 0) is 0 Å². The lowest BCUT2D eigenvalue weighted by Gasteiger charge is -2.24. The van der Waals surface area contributed by atoms with Gasteiger partial charge in [-0.2, -0.15) is 0 Å². The Morgan fingerprint density at radius 1 is 1.64 bits per heavy atom. The molecule has 1 aliphatic heterocycles. The van der Waals surface area contributed by atoms with E-state index in [1.54, 1.807) is 6.21 Å². The number of rotatable bonds is 2. The molecule has 1 atom stereocenters. The molecule has 4 nitrogen and oxygen atoms in total. The van der Waals surface area contributed by atoms with Crippen molar-refractivity contribution in [1.82, 2.24) is 10.6 Å². The summed E-state index contributed by atoms with van der Waals surface area (Å²) >= 11 is 0. The number of piperidine rings is 1. The zero-order chi connectivity index (χ0) is 10.2. The fourth-order valence-corrected chi connectivity index (χ4v) is 1.55. The number of hydrogen-bond donors (Lipinski definition) is 2. The third kappa shape index (κ3) is 3.87. The Hall–Kier alpha value is -0.900. The van der Waals surface area contributed by atoms with Crippen molar-refractivity contribution in [2.45, 2.75) is 32.7 Å². The number of aliphatic imine (C=N–C) groups is 2. The third-order valence-corrected chi connectivity index (χ3v) is 2.19. The third-order valence-electron chi connectivity index (χ3n) is 2.19. The van der Waals surface area contributed by atoms with Crippen LogP contribution < -0.4 is 10.6 Å². The van der Waals surface area contributed by atoms with Gasteiger partial charge in [0.2, 0.25) is 5.96 Å². The lowest BCUT2D eigenvalue weighted by molar-refractivity contribution is 0.430. The van der Waals surface area contributed by atoms with Gasteiger partial charge < -0.3 is 10.6 Å². The topological polar surface area (TPSA) is 48.8 Å². The van der Waals surface area contributed by atoms with Crippen molar-refractivity contribution in [3.05, 3.63) is 0 Å². The van der Waals surface area contributed by atoms with Gasteiger partial charge >= 0.3 is 0 Å². The van der Waals surface area contributed by atoms with E-state index in [1.165, 1.54) is 12.8 Å². The highest BCUT2D eigenvalue weighted by Crippen LogP contribution is 2.01. The largest absolute Gasteiger partial charge is 0.351 e. The van der Waals surface area contributed by atoms with Crippen molar-refractivity contribution in [2.24, 2.45) is 9.98 Å². The zero-order valence-electron chi connectivity index (χ0n) is 9.08. The molecule has 1 fully saturated rings. The number of nitrogens with zero attached hydrogens (tertiary/aromatic N) is 2. The number of nitrogens with one attached hydrogen (secondary N) is 2. The first kappa shape index (κ1) is 11.2. The summed E-state index contributed by atoms with van der Waals surface area (Å²) in [4.78, 5) is 8.48. The predicted octanol–water partition coefficient (Wildman–Crippen LogP) is 0.795. The molecule has 80 valence electrons. The molecule has 0 saturated carbocycles. The molecule has 14 heavy (non-hydrogen) atoms. The second-order valence-electron chi connectivity index (χ2n) is 3.37. The average Bonchev–Trinajstić information content (AvgIpc) is 2.20. The maximum Gasteiger partial charge on any atom is 0.217 e. The summed E-state index contributed by atoms with van der Waals surface area (Å²) in [6.07, 6.45) is 4.21. The Balaban J connectivity index is 2.41. The van der Waals surface area contributed by atoms with Crippen molar-refractivity contribution in [1.29, 1.82) is 0 Å². The van der Waals surface area contributed by atoms with Gasteiger partial charge in [0, 0.05) is 25.3 Å². The normalized spacial score (nSPS) is 24.1. The molecule has 2 N–H and O–H groups in total. The Morgan fingerprint density at radius 3 is 3.07 bits per heavy atom. The van der Waals surface area contributed by atoms with Gasteiger partial charge in [-0.25, -0.2) is 4.99 Å². The molecule has 1 aliphatic rings. The molecule has 4 heteroatoms. The Morgan fingerprint density at radius 2 is 2.50 bits per heavy atom. The van der Waals surface area contributed by atoms with Gasteiger partial charge in [0.05, 0.1) is 0 Å². The number of hydrogen-bond acceptors (Lipinski definition) is 2. The van der Waals surface area contributed by atoms with Crippen molar-refractivity contribution in [3.8, 4) is 0 Å². The monoisotopic (exact) mass is 196 g/mol. The van der Waals surface area contributed by atoms with E-state index < -0.39 is 0 Å². The highest BCUT2D eigenvalue weighted by Gasteiger charge is 2.13. The summed E-state index contributed by atoms with van der Waals surface area (Å²) in [6.45, 7) is 6.86. The minimum Gasteiger partial charge on any atom is -0.351 e. The van der Waals surface area contributed by atoms with E-state index in [9.17, 15) is 0 Å². The molecule has 0 unspecified atom stereocenters. The quantitative estimate of drug-likeness (QED) is 0.507. The van der Waals surface area contributed by atoms with Crippen LogP contribution in [0.1, 0.15) is 26.7 Å². The lowest BCUT2D eigenvalue weighted by atomic mass is 10.1. The molecular formula is C10H20N4. The Kier molecular flexibility index (Phi) is 5.22. The van der Waals surface area contributed by atoms with Crippen molar-refractivity contribution < 1.29 is 0 Å². The van der Waals surface area contributed by atoms with Crippen LogP contribution in [0.2, 0.25) is 0 Å².